The molecule has 0 rings (SSSR count). The number of hydrogen-bond acceptors (Lipinski definition) is 2. The third-order valence-corrected chi connectivity index (χ3v) is 4.20. The Morgan fingerprint density at radius 1 is 0.682 bits per heavy atom. The molecule has 130 valence electrons. The van der Waals surface area contributed by atoms with Gasteiger partial charge in [0.25, 0.3) is 0 Å². The van der Waals surface area contributed by atoms with Crippen LogP contribution in [-0.4, -0.2) is 18.7 Å². The number of carbonyl (C=O) groups is 2. The average Bonchev–Trinajstić information content (AvgIpc) is 2.51. The van der Waals surface area contributed by atoms with Gasteiger partial charge in [-0.1, -0.05) is 84.0 Å². The molecule has 0 heterocycles. The molecule has 3 heteroatoms. The lowest BCUT2D eigenvalue weighted by Crippen LogP contribution is -2.21. The molecule has 1 N–H and O–H groups in total. The van der Waals surface area contributed by atoms with E-state index in [0.717, 1.165) is 12.8 Å². The molecule has 0 bridgehead atoms. The molecular weight excluding hydrogens is 274 g/mol. The lowest BCUT2D eigenvalue weighted by molar-refractivity contribution is -0.127. The van der Waals surface area contributed by atoms with Crippen molar-refractivity contribution in [2.75, 3.05) is 7.05 Å². The number of carbonyl (C=O) groups excluding carboxylic acids is 2. The topological polar surface area (TPSA) is 46.2 Å². The summed E-state index contributed by atoms with van der Waals surface area (Å²) in [4.78, 5) is 22.5. The summed E-state index contributed by atoms with van der Waals surface area (Å²) in [6, 6.07) is 0. The minimum Gasteiger partial charge on any atom is -0.359 e. The zero-order valence-corrected chi connectivity index (χ0v) is 14.9. The van der Waals surface area contributed by atoms with E-state index < -0.39 is 0 Å². The minimum atomic E-state index is -0.167. The van der Waals surface area contributed by atoms with Crippen LogP contribution in [0.5, 0.6) is 0 Å². The predicted octanol–water partition coefficient (Wildman–Crippen LogP) is 5.17. The van der Waals surface area contributed by atoms with E-state index in [0.29, 0.717) is 6.42 Å². The molecule has 22 heavy (non-hydrogen) atoms. The molecule has 0 aromatic carbocycles. The van der Waals surface area contributed by atoms with Crippen molar-refractivity contribution >= 4 is 11.7 Å². The number of unbranched alkanes of at least 4 members (excludes halogenated alkanes) is 12. The Kier molecular flexibility index (Phi) is 15.9. The SMILES string of the molecule is CCCCCCCCCCCCCCCC(=O)CC(=O)NC. The maximum atomic E-state index is 11.5. The molecule has 0 unspecified atom stereocenters. The Balaban J connectivity index is 3.14. The summed E-state index contributed by atoms with van der Waals surface area (Å²) < 4.78 is 0. The maximum absolute atomic E-state index is 11.5. The first kappa shape index (κ1) is 21.1. The number of Topliss-reactive ketones (excluding diaryl/α,β-unsaturated/α-hetero) is 1. The molecule has 0 aromatic rings. The third kappa shape index (κ3) is 15.5. The van der Waals surface area contributed by atoms with Crippen molar-refractivity contribution in [1.82, 2.24) is 5.32 Å². The Hall–Kier alpha value is -0.860. The van der Waals surface area contributed by atoms with Crippen molar-refractivity contribution in [3.05, 3.63) is 0 Å². The summed E-state index contributed by atoms with van der Waals surface area (Å²) >= 11 is 0. The van der Waals surface area contributed by atoms with Gasteiger partial charge < -0.3 is 5.32 Å². The average molecular weight is 312 g/mol. The van der Waals surface area contributed by atoms with E-state index in [-0.39, 0.29) is 18.1 Å². The largest absolute Gasteiger partial charge is 0.359 e. The fourth-order valence-corrected chi connectivity index (χ4v) is 2.70. The summed E-state index contributed by atoms with van der Waals surface area (Å²) in [7, 11) is 1.57. The van der Waals surface area contributed by atoms with Gasteiger partial charge in [-0.25, -0.2) is 0 Å². The highest BCUT2D eigenvalue weighted by molar-refractivity contribution is 5.97. The van der Waals surface area contributed by atoms with Crippen LogP contribution < -0.4 is 5.32 Å². The molecule has 0 spiro atoms. The summed E-state index contributed by atoms with van der Waals surface area (Å²) in [5.74, 6) is -0.0953. The quantitative estimate of drug-likeness (QED) is 0.315. The van der Waals surface area contributed by atoms with Crippen LogP contribution in [0.3, 0.4) is 0 Å². The van der Waals surface area contributed by atoms with E-state index in [1.807, 2.05) is 0 Å². The van der Waals surface area contributed by atoms with Crippen LogP contribution in [-0.2, 0) is 9.59 Å². The second kappa shape index (κ2) is 16.5. The molecule has 0 fully saturated rings. The lowest BCUT2D eigenvalue weighted by Gasteiger charge is -2.03. The van der Waals surface area contributed by atoms with E-state index in [1.54, 1.807) is 7.05 Å². The summed E-state index contributed by atoms with van der Waals surface area (Å²) in [5.41, 5.74) is 0. The van der Waals surface area contributed by atoms with Gasteiger partial charge >= 0.3 is 0 Å². The first-order chi connectivity index (χ1) is 10.7. The fraction of sp³-hybridized carbons (Fsp3) is 0.895. The van der Waals surface area contributed by atoms with Gasteiger partial charge in [0.15, 0.2) is 0 Å². The van der Waals surface area contributed by atoms with Crippen molar-refractivity contribution in [2.24, 2.45) is 0 Å². The van der Waals surface area contributed by atoms with E-state index in [4.69, 9.17) is 0 Å². The van der Waals surface area contributed by atoms with Gasteiger partial charge in [0.2, 0.25) is 5.91 Å². The lowest BCUT2D eigenvalue weighted by atomic mass is 10.0. The highest BCUT2D eigenvalue weighted by Crippen LogP contribution is 2.13. The van der Waals surface area contributed by atoms with E-state index in [9.17, 15) is 9.59 Å². The second-order valence-corrected chi connectivity index (χ2v) is 6.38. The molecule has 0 aromatic heterocycles. The molecule has 0 saturated carbocycles. The van der Waals surface area contributed by atoms with Crippen molar-refractivity contribution in [1.29, 1.82) is 0 Å². The first-order valence-corrected chi connectivity index (χ1v) is 9.43. The van der Waals surface area contributed by atoms with Crippen LogP contribution in [0.15, 0.2) is 0 Å². The molecule has 0 saturated heterocycles. The van der Waals surface area contributed by atoms with E-state index in [1.165, 1.54) is 70.6 Å². The third-order valence-electron chi connectivity index (χ3n) is 4.20. The van der Waals surface area contributed by atoms with Crippen molar-refractivity contribution in [3.63, 3.8) is 0 Å². The molecule has 0 radical (unpaired) electrons. The fourth-order valence-electron chi connectivity index (χ4n) is 2.70. The zero-order valence-electron chi connectivity index (χ0n) is 14.9. The number of nitrogens with one attached hydrogen (secondary N) is 1. The molecular formula is C19H37NO2. The smallest absolute Gasteiger partial charge is 0.227 e. The monoisotopic (exact) mass is 311 g/mol. The number of amides is 1. The van der Waals surface area contributed by atoms with Crippen molar-refractivity contribution in [2.45, 2.75) is 103 Å². The number of rotatable bonds is 16. The molecule has 0 aliphatic heterocycles. The van der Waals surface area contributed by atoms with Gasteiger partial charge in [-0.15, -0.1) is 0 Å². The van der Waals surface area contributed by atoms with Crippen LogP contribution in [0.2, 0.25) is 0 Å². The normalized spacial score (nSPS) is 10.6. The van der Waals surface area contributed by atoms with E-state index >= 15 is 0 Å². The highest BCUT2D eigenvalue weighted by Gasteiger charge is 2.06. The van der Waals surface area contributed by atoms with Crippen molar-refractivity contribution < 1.29 is 9.59 Å². The summed E-state index contributed by atoms with van der Waals surface area (Å²) in [6.07, 6.45) is 17.6. The molecule has 0 aliphatic rings. The Morgan fingerprint density at radius 3 is 1.50 bits per heavy atom. The van der Waals surface area contributed by atoms with Gasteiger partial charge in [0.1, 0.15) is 5.78 Å². The number of ketones is 1. The van der Waals surface area contributed by atoms with Gasteiger partial charge in [-0.3, -0.25) is 9.59 Å². The van der Waals surface area contributed by atoms with Crippen LogP contribution in [0.1, 0.15) is 103 Å². The Labute approximate surface area is 137 Å². The maximum Gasteiger partial charge on any atom is 0.227 e. The van der Waals surface area contributed by atoms with Gasteiger partial charge in [0.05, 0.1) is 6.42 Å². The Bertz CT molecular complexity index is 277. The minimum absolute atomic E-state index is 0.0504. The molecule has 3 nitrogen and oxygen atoms in total. The zero-order chi connectivity index (χ0) is 16.5. The van der Waals surface area contributed by atoms with Crippen LogP contribution >= 0.6 is 0 Å². The molecule has 1 amide bonds. The van der Waals surface area contributed by atoms with Gasteiger partial charge in [-0.05, 0) is 6.42 Å². The highest BCUT2D eigenvalue weighted by atomic mass is 16.2. The molecule has 0 atom stereocenters. The van der Waals surface area contributed by atoms with Crippen molar-refractivity contribution in [3.8, 4) is 0 Å². The Morgan fingerprint density at radius 2 is 1.09 bits per heavy atom. The molecule has 0 aliphatic carbocycles. The summed E-state index contributed by atoms with van der Waals surface area (Å²) in [5, 5.41) is 2.49. The van der Waals surface area contributed by atoms with Gasteiger partial charge in [-0.2, -0.15) is 0 Å². The second-order valence-electron chi connectivity index (χ2n) is 6.38. The van der Waals surface area contributed by atoms with Crippen LogP contribution in [0, 0.1) is 0 Å². The van der Waals surface area contributed by atoms with Crippen LogP contribution in [0.4, 0.5) is 0 Å². The predicted molar refractivity (Wildman–Crippen MR) is 94.0 cm³/mol. The van der Waals surface area contributed by atoms with E-state index in [2.05, 4.69) is 12.2 Å². The van der Waals surface area contributed by atoms with Gasteiger partial charge in [0, 0.05) is 13.5 Å². The van der Waals surface area contributed by atoms with Crippen LogP contribution in [0.25, 0.3) is 0 Å². The standard InChI is InChI=1S/C19H37NO2/c1-3-4-5-6-7-8-9-10-11-12-13-14-15-16-18(21)17-19(22)20-2/h3-17H2,1-2H3,(H,20,22). The summed E-state index contributed by atoms with van der Waals surface area (Å²) in [6.45, 7) is 2.26. The first-order valence-electron chi connectivity index (χ1n) is 9.43. The number of hydrogen-bond donors (Lipinski definition) is 1.